The molecule has 140 valence electrons. The van der Waals surface area contributed by atoms with E-state index in [9.17, 15) is 4.79 Å². The van der Waals surface area contributed by atoms with Crippen LogP contribution in [0.25, 0.3) is 0 Å². The van der Waals surface area contributed by atoms with Crippen molar-refractivity contribution in [3.8, 4) is 11.5 Å². The molecular weight excluding hydrogens is 316 g/mol. The van der Waals surface area contributed by atoms with Gasteiger partial charge in [0.1, 0.15) is 11.5 Å². The van der Waals surface area contributed by atoms with Crippen molar-refractivity contribution in [1.82, 2.24) is 10.6 Å². The van der Waals surface area contributed by atoms with Gasteiger partial charge in [0.15, 0.2) is 0 Å². The summed E-state index contributed by atoms with van der Waals surface area (Å²) < 4.78 is 10.5. The molecule has 0 heterocycles. The summed E-state index contributed by atoms with van der Waals surface area (Å²) in [5.74, 6) is 1.59. The first kappa shape index (κ1) is 19.6. The summed E-state index contributed by atoms with van der Waals surface area (Å²) in [6, 6.07) is 6.36. The Morgan fingerprint density at radius 3 is 2.24 bits per heavy atom. The quantitative estimate of drug-likeness (QED) is 0.532. The van der Waals surface area contributed by atoms with Gasteiger partial charge in [-0.25, -0.2) is 0 Å². The number of hydrogen-bond acceptors (Lipinski definition) is 4. The van der Waals surface area contributed by atoms with Crippen LogP contribution in [0.1, 0.15) is 50.5 Å². The second-order valence-corrected chi connectivity index (χ2v) is 6.71. The summed E-state index contributed by atoms with van der Waals surface area (Å²) in [5.41, 5.74) is 1.04. The van der Waals surface area contributed by atoms with Crippen molar-refractivity contribution in [2.75, 3.05) is 27.3 Å². The lowest BCUT2D eigenvalue weighted by molar-refractivity contribution is -0.121. The minimum Gasteiger partial charge on any atom is -0.497 e. The predicted octanol–water partition coefficient (Wildman–Crippen LogP) is 3.07. The third-order valence-electron chi connectivity index (χ3n) is 4.79. The zero-order chi connectivity index (χ0) is 17.9. The Morgan fingerprint density at radius 1 is 1.00 bits per heavy atom. The van der Waals surface area contributed by atoms with Crippen LogP contribution in [-0.2, 0) is 11.2 Å². The minimum absolute atomic E-state index is 0.0875. The van der Waals surface area contributed by atoms with Gasteiger partial charge < -0.3 is 20.1 Å². The molecule has 0 atom stereocenters. The molecule has 1 fully saturated rings. The molecule has 0 aliphatic heterocycles. The maximum Gasteiger partial charge on any atom is 0.220 e. The number of hydrogen-bond donors (Lipinski definition) is 2. The van der Waals surface area contributed by atoms with E-state index in [1.54, 1.807) is 14.2 Å². The van der Waals surface area contributed by atoms with E-state index in [4.69, 9.17) is 9.47 Å². The molecule has 5 nitrogen and oxygen atoms in total. The molecule has 0 bridgehead atoms. The molecule has 1 saturated carbocycles. The van der Waals surface area contributed by atoms with Gasteiger partial charge in [0.05, 0.1) is 14.2 Å². The van der Waals surface area contributed by atoms with Crippen LogP contribution in [0, 0.1) is 0 Å². The maximum absolute atomic E-state index is 12.0. The summed E-state index contributed by atoms with van der Waals surface area (Å²) >= 11 is 0. The van der Waals surface area contributed by atoms with Gasteiger partial charge >= 0.3 is 0 Å². The molecule has 1 aromatic carbocycles. The molecular formula is C20H32N2O3. The van der Waals surface area contributed by atoms with Crippen LogP contribution in [0.15, 0.2) is 18.2 Å². The van der Waals surface area contributed by atoms with E-state index in [0.29, 0.717) is 25.4 Å². The van der Waals surface area contributed by atoms with Crippen molar-refractivity contribution in [3.63, 3.8) is 0 Å². The normalized spacial score (nSPS) is 15.4. The van der Waals surface area contributed by atoms with Gasteiger partial charge in [0.2, 0.25) is 5.91 Å². The highest BCUT2D eigenvalue weighted by molar-refractivity contribution is 5.76. The SMILES string of the molecule is COc1cc(CCC(=O)NCCNC2CCCCCC2)cc(OC)c1. The van der Waals surface area contributed by atoms with Crippen molar-refractivity contribution in [2.24, 2.45) is 0 Å². The average Bonchev–Trinajstić information content (AvgIpc) is 2.92. The standard InChI is InChI=1S/C20H32N2O3/c1-24-18-13-16(14-19(15-18)25-2)9-10-20(23)22-12-11-21-17-7-5-3-4-6-8-17/h13-15,17,21H,3-12H2,1-2H3,(H,22,23). The number of ether oxygens (including phenoxy) is 2. The summed E-state index contributed by atoms with van der Waals surface area (Å²) in [6.07, 6.45) is 9.07. The van der Waals surface area contributed by atoms with Gasteiger partial charge in [-0.1, -0.05) is 25.7 Å². The van der Waals surface area contributed by atoms with Gasteiger partial charge in [-0.2, -0.15) is 0 Å². The van der Waals surface area contributed by atoms with Crippen LogP contribution in [0.3, 0.4) is 0 Å². The average molecular weight is 348 g/mol. The van der Waals surface area contributed by atoms with Crippen molar-refractivity contribution in [1.29, 1.82) is 0 Å². The maximum atomic E-state index is 12.0. The molecule has 0 radical (unpaired) electrons. The summed E-state index contributed by atoms with van der Waals surface area (Å²) in [5, 5.41) is 6.57. The highest BCUT2D eigenvalue weighted by atomic mass is 16.5. The molecule has 1 aromatic rings. The zero-order valence-corrected chi connectivity index (χ0v) is 15.6. The smallest absolute Gasteiger partial charge is 0.220 e. The van der Waals surface area contributed by atoms with Crippen molar-refractivity contribution in [2.45, 2.75) is 57.4 Å². The number of carbonyl (C=O) groups excluding carboxylic acids is 1. The first-order valence-electron chi connectivity index (χ1n) is 9.43. The Balaban J connectivity index is 1.65. The largest absolute Gasteiger partial charge is 0.497 e. The Kier molecular flexibility index (Phi) is 8.60. The zero-order valence-electron chi connectivity index (χ0n) is 15.6. The van der Waals surface area contributed by atoms with E-state index in [-0.39, 0.29) is 5.91 Å². The monoisotopic (exact) mass is 348 g/mol. The highest BCUT2D eigenvalue weighted by Gasteiger charge is 2.11. The van der Waals surface area contributed by atoms with Crippen molar-refractivity contribution < 1.29 is 14.3 Å². The number of nitrogens with one attached hydrogen (secondary N) is 2. The first-order valence-corrected chi connectivity index (χ1v) is 9.43. The second kappa shape index (κ2) is 11.0. The molecule has 1 amide bonds. The fourth-order valence-corrected chi connectivity index (χ4v) is 3.32. The number of benzene rings is 1. The predicted molar refractivity (Wildman–Crippen MR) is 100 cm³/mol. The molecule has 25 heavy (non-hydrogen) atoms. The molecule has 0 saturated heterocycles. The van der Waals surface area contributed by atoms with Crippen LogP contribution >= 0.6 is 0 Å². The number of aryl methyl sites for hydroxylation is 1. The first-order chi connectivity index (χ1) is 12.2. The summed E-state index contributed by atoms with van der Waals surface area (Å²) in [4.78, 5) is 12.0. The van der Waals surface area contributed by atoms with Gasteiger partial charge in [-0.15, -0.1) is 0 Å². The van der Waals surface area contributed by atoms with Gasteiger partial charge in [-0.3, -0.25) is 4.79 Å². The Bertz CT molecular complexity index is 503. The molecule has 1 aliphatic rings. The number of methoxy groups -OCH3 is 2. The highest BCUT2D eigenvalue weighted by Crippen LogP contribution is 2.23. The molecule has 0 unspecified atom stereocenters. The van der Waals surface area contributed by atoms with E-state index in [1.165, 1.54) is 38.5 Å². The summed E-state index contributed by atoms with van der Waals surface area (Å²) in [7, 11) is 3.26. The van der Waals surface area contributed by atoms with E-state index in [1.807, 2.05) is 18.2 Å². The lowest BCUT2D eigenvalue weighted by Crippen LogP contribution is -2.36. The molecule has 5 heteroatoms. The topological polar surface area (TPSA) is 59.6 Å². The van der Waals surface area contributed by atoms with Crippen LogP contribution in [0.4, 0.5) is 0 Å². The van der Waals surface area contributed by atoms with Crippen LogP contribution in [-0.4, -0.2) is 39.3 Å². The lowest BCUT2D eigenvalue weighted by atomic mass is 10.1. The van der Waals surface area contributed by atoms with E-state index in [0.717, 1.165) is 23.6 Å². The molecule has 0 spiro atoms. The summed E-state index contributed by atoms with van der Waals surface area (Å²) in [6.45, 7) is 1.54. The lowest BCUT2D eigenvalue weighted by Gasteiger charge is -2.16. The minimum atomic E-state index is 0.0875. The third-order valence-corrected chi connectivity index (χ3v) is 4.79. The van der Waals surface area contributed by atoms with Crippen LogP contribution in [0.5, 0.6) is 11.5 Å². The number of rotatable bonds is 9. The van der Waals surface area contributed by atoms with E-state index < -0.39 is 0 Å². The van der Waals surface area contributed by atoms with Gasteiger partial charge in [0, 0.05) is 31.6 Å². The Hall–Kier alpha value is -1.75. The molecule has 1 aliphatic carbocycles. The van der Waals surface area contributed by atoms with Crippen molar-refractivity contribution in [3.05, 3.63) is 23.8 Å². The van der Waals surface area contributed by atoms with Crippen molar-refractivity contribution >= 4 is 5.91 Å². The van der Waals surface area contributed by atoms with Crippen LogP contribution in [0.2, 0.25) is 0 Å². The Morgan fingerprint density at radius 2 is 1.64 bits per heavy atom. The van der Waals surface area contributed by atoms with Gasteiger partial charge in [-0.05, 0) is 37.0 Å². The van der Waals surface area contributed by atoms with Crippen LogP contribution < -0.4 is 20.1 Å². The van der Waals surface area contributed by atoms with E-state index in [2.05, 4.69) is 10.6 Å². The Labute approximate surface area is 151 Å². The molecule has 2 N–H and O–H groups in total. The molecule has 0 aromatic heterocycles. The number of amides is 1. The fourth-order valence-electron chi connectivity index (χ4n) is 3.32. The number of carbonyl (C=O) groups is 1. The third kappa shape index (κ3) is 7.34. The van der Waals surface area contributed by atoms with Gasteiger partial charge in [0.25, 0.3) is 0 Å². The molecule has 2 rings (SSSR count). The fraction of sp³-hybridized carbons (Fsp3) is 0.650. The second-order valence-electron chi connectivity index (χ2n) is 6.71. The van der Waals surface area contributed by atoms with E-state index >= 15 is 0 Å².